The molecule has 1 rings (SSSR count). The van der Waals surface area contributed by atoms with Crippen LogP contribution >= 0.6 is 0 Å². The van der Waals surface area contributed by atoms with E-state index in [2.05, 4.69) is 20.8 Å². The molecule has 0 aromatic heterocycles. The van der Waals surface area contributed by atoms with E-state index in [4.69, 9.17) is 0 Å². The van der Waals surface area contributed by atoms with Gasteiger partial charge in [0.1, 0.15) is 5.92 Å². The molecule has 0 fully saturated rings. The smallest absolute Gasteiger partial charge is 0.332 e. The topological polar surface area (TPSA) is 74.6 Å². The Balaban J connectivity index is 3.40. The van der Waals surface area contributed by atoms with Crippen LogP contribution in [0.25, 0.3) is 0 Å². The molecule has 0 heterocycles. The zero-order valence-corrected chi connectivity index (χ0v) is 13.9. The molecule has 2 N–H and O–H groups in total. The summed E-state index contributed by atoms with van der Waals surface area (Å²) in [4.78, 5) is 23.2. The van der Waals surface area contributed by atoms with E-state index >= 15 is 0 Å². The first-order valence-electron chi connectivity index (χ1n) is 8.32. The lowest BCUT2D eigenvalue weighted by atomic mass is 9.65. The molecule has 2 unspecified atom stereocenters. The molecule has 0 aromatic carbocycles. The summed E-state index contributed by atoms with van der Waals surface area (Å²) in [5.74, 6) is -3.19. The Morgan fingerprint density at radius 2 is 1.77 bits per heavy atom. The highest BCUT2D eigenvalue weighted by atomic mass is 16.4. The van der Waals surface area contributed by atoms with Gasteiger partial charge in [-0.3, -0.25) is 4.79 Å². The molecule has 0 aromatic rings. The molecule has 1 aliphatic rings. The second kappa shape index (κ2) is 8.16. The minimum absolute atomic E-state index is 0.0985. The molecular weight excluding hydrogens is 280 g/mol. The number of carboxylic acids is 2. The van der Waals surface area contributed by atoms with Crippen LogP contribution in [-0.4, -0.2) is 22.2 Å². The van der Waals surface area contributed by atoms with Gasteiger partial charge in [0, 0.05) is 5.41 Å². The Morgan fingerprint density at radius 1 is 1.14 bits per heavy atom. The van der Waals surface area contributed by atoms with Crippen LogP contribution in [0.4, 0.5) is 0 Å². The number of aliphatic carboxylic acids is 2. The van der Waals surface area contributed by atoms with Crippen molar-refractivity contribution in [2.45, 2.75) is 65.7 Å². The van der Waals surface area contributed by atoms with Gasteiger partial charge in [0.15, 0.2) is 0 Å². The maximum absolute atomic E-state index is 11.8. The molecule has 0 amide bonds. The van der Waals surface area contributed by atoms with E-state index in [9.17, 15) is 19.8 Å². The van der Waals surface area contributed by atoms with E-state index in [0.29, 0.717) is 6.42 Å². The summed E-state index contributed by atoms with van der Waals surface area (Å²) in [6.45, 7) is 6.24. The summed E-state index contributed by atoms with van der Waals surface area (Å²) in [6, 6.07) is 0. The molecule has 0 spiro atoms. The third-order valence-electron chi connectivity index (χ3n) is 4.73. The molecule has 2 atom stereocenters. The van der Waals surface area contributed by atoms with Crippen molar-refractivity contribution in [1.82, 2.24) is 0 Å². The van der Waals surface area contributed by atoms with Crippen molar-refractivity contribution in [3.8, 4) is 0 Å². The fraction of sp³-hybridized carbons (Fsp3) is 0.667. The van der Waals surface area contributed by atoms with Crippen LogP contribution in [0, 0.1) is 11.3 Å². The first-order valence-corrected chi connectivity index (χ1v) is 8.32. The van der Waals surface area contributed by atoms with Crippen molar-refractivity contribution >= 4 is 11.9 Å². The lowest BCUT2D eigenvalue weighted by Crippen LogP contribution is -2.32. The van der Waals surface area contributed by atoms with Crippen LogP contribution in [0.15, 0.2) is 23.3 Å². The van der Waals surface area contributed by atoms with Crippen molar-refractivity contribution < 1.29 is 19.8 Å². The average molecular weight is 308 g/mol. The lowest BCUT2D eigenvalue weighted by molar-refractivity contribution is -0.142. The Kier molecular flexibility index (Phi) is 6.85. The molecule has 4 heteroatoms. The number of carbonyl (C=O) groups is 2. The Labute approximate surface area is 132 Å². The van der Waals surface area contributed by atoms with Crippen LogP contribution in [0.3, 0.4) is 0 Å². The minimum Gasteiger partial charge on any atom is -0.481 e. The van der Waals surface area contributed by atoms with E-state index < -0.39 is 17.9 Å². The number of carboxylic acid groups (broad SMARTS) is 2. The normalized spacial score (nSPS) is 24.6. The maximum Gasteiger partial charge on any atom is 0.332 e. The molecule has 22 heavy (non-hydrogen) atoms. The molecular formula is C18H28O4. The largest absolute Gasteiger partial charge is 0.481 e. The summed E-state index contributed by atoms with van der Waals surface area (Å²) in [5.41, 5.74) is 0.652. The molecule has 0 saturated carbocycles. The first-order chi connectivity index (χ1) is 10.4. The molecule has 1 aliphatic carbocycles. The first kappa shape index (κ1) is 18.5. The van der Waals surface area contributed by atoms with Crippen molar-refractivity contribution in [3.05, 3.63) is 23.3 Å². The minimum atomic E-state index is -1.09. The highest BCUT2D eigenvalue weighted by Gasteiger charge is 2.40. The molecule has 0 aliphatic heterocycles. The van der Waals surface area contributed by atoms with E-state index in [1.54, 1.807) is 6.08 Å². The second-order valence-electron chi connectivity index (χ2n) is 6.09. The van der Waals surface area contributed by atoms with Gasteiger partial charge in [-0.15, -0.1) is 0 Å². The van der Waals surface area contributed by atoms with Gasteiger partial charge in [-0.25, -0.2) is 4.79 Å². The highest BCUT2D eigenvalue weighted by Crippen LogP contribution is 2.47. The fourth-order valence-electron chi connectivity index (χ4n) is 3.37. The highest BCUT2D eigenvalue weighted by molar-refractivity contribution is 5.96. The van der Waals surface area contributed by atoms with Gasteiger partial charge in [-0.05, 0) is 31.3 Å². The molecule has 0 radical (unpaired) electrons. The van der Waals surface area contributed by atoms with Crippen LogP contribution in [0.1, 0.15) is 65.7 Å². The quantitative estimate of drug-likeness (QED) is 0.618. The van der Waals surface area contributed by atoms with Crippen molar-refractivity contribution in [3.63, 3.8) is 0 Å². The van der Waals surface area contributed by atoms with Gasteiger partial charge < -0.3 is 10.2 Å². The van der Waals surface area contributed by atoms with E-state index in [1.165, 1.54) is 0 Å². The van der Waals surface area contributed by atoms with Gasteiger partial charge in [0.2, 0.25) is 0 Å². The SMILES string of the molecule is CCCCC1=C(C(=O)O)C(C(=O)O)C=CC1(CC)CCCC. The average Bonchev–Trinajstić information content (AvgIpc) is 2.50. The predicted molar refractivity (Wildman–Crippen MR) is 86.7 cm³/mol. The Bertz CT molecular complexity index is 475. The zero-order chi connectivity index (χ0) is 16.8. The molecule has 4 nitrogen and oxygen atoms in total. The van der Waals surface area contributed by atoms with Crippen LogP contribution in [-0.2, 0) is 9.59 Å². The van der Waals surface area contributed by atoms with Crippen molar-refractivity contribution in [1.29, 1.82) is 0 Å². The monoisotopic (exact) mass is 308 g/mol. The van der Waals surface area contributed by atoms with Gasteiger partial charge in [0.05, 0.1) is 5.57 Å². The van der Waals surface area contributed by atoms with Crippen LogP contribution < -0.4 is 0 Å². The van der Waals surface area contributed by atoms with Gasteiger partial charge in [0.25, 0.3) is 0 Å². The summed E-state index contributed by atoms with van der Waals surface area (Å²) in [7, 11) is 0. The Hall–Kier alpha value is -1.58. The predicted octanol–water partition coefficient (Wildman–Crippen LogP) is 4.42. The van der Waals surface area contributed by atoms with Gasteiger partial charge in [-0.2, -0.15) is 0 Å². The number of hydrogen-bond acceptors (Lipinski definition) is 2. The van der Waals surface area contributed by atoms with E-state index in [1.807, 2.05) is 6.08 Å². The summed E-state index contributed by atoms with van der Waals surface area (Å²) >= 11 is 0. The second-order valence-corrected chi connectivity index (χ2v) is 6.09. The van der Waals surface area contributed by atoms with Crippen LogP contribution in [0.2, 0.25) is 0 Å². The summed E-state index contributed by atoms with van der Waals surface area (Å²) in [6.07, 6.45) is 9.83. The zero-order valence-electron chi connectivity index (χ0n) is 13.9. The Morgan fingerprint density at radius 3 is 2.23 bits per heavy atom. The molecule has 0 bridgehead atoms. The van der Waals surface area contributed by atoms with Crippen LogP contribution in [0.5, 0.6) is 0 Å². The van der Waals surface area contributed by atoms with Crippen molar-refractivity contribution in [2.75, 3.05) is 0 Å². The third-order valence-corrected chi connectivity index (χ3v) is 4.73. The number of hydrogen-bond donors (Lipinski definition) is 2. The van der Waals surface area contributed by atoms with Gasteiger partial charge >= 0.3 is 11.9 Å². The van der Waals surface area contributed by atoms with E-state index in [-0.39, 0.29) is 11.0 Å². The van der Waals surface area contributed by atoms with E-state index in [0.717, 1.165) is 44.1 Å². The number of rotatable bonds is 9. The lowest BCUT2D eigenvalue weighted by Gasteiger charge is -2.38. The number of allylic oxidation sites excluding steroid dienone is 2. The number of unbranched alkanes of at least 4 members (excludes halogenated alkanes) is 2. The summed E-state index contributed by atoms with van der Waals surface area (Å²) in [5, 5.41) is 19.0. The fourth-order valence-corrected chi connectivity index (χ4v) is 3.37. The maximum atomic E-state index is 11.8. The molecule has 0 saturated heterocycles. The molecule has 124 valence electrons. The standard InChI is InChI=1S/C18H28O4/c1-4-7-9-14-15(17(21)22)13(16(19)20)10-12-18(14,6-3)11-8-5-2/h10,12-13H,4-9,11H2,1-3H3,(H,19,20)(H,21,22). The van der Waals surface area contributed by atoms with Gasteiger partial charge in [-0.1, -0.05) is 52.2 Å². The third kappa shape index (κ3) is 3.79. The summed E-state index contributed by atoms with van der Waals surface area (Å²) < 4.78 is 0. The van der Waals surface area contributed by atoms with Crippen molar-refractivity contribution in [2.24, 2.45) is 11.3 Å².